The van der Waals surface area contributed by atoms with Gasteiger partial charge in [-0.1, -0.05) is 0 Å². The standard InChI is InChI=1S/C13H17N5O2S2/c14-22(19,20)12-5-3-11(4-6-12)17-13(21)15-7-1-9-18-10-2-8-16-18/h2-6,8,10H,1,7,9H2,(H2,14,19,20)(H2,15,17,21). The van der Waals surface area contributed by atoms with Gasteiger partial charge in [-0.15, -0.1) is 0 Å². The first-order valence-electron chi connectivity index (χ1n) is 6.60. The molecule has 0 aliphatic heterocycles. The van der Waals surface area contributed by atoms with E-state index in [4.69, 9.17) is 17.4 Å². The van der Waals surface area contributed by atoms with Crippen LogP contribution in [0.3, 0.4) is 0 Å². The lowest BCUT2D eigenvalue weighted by molar-refractivity contribution is 0.574. The number of primary sulfonamides is 1. The normalized spacial score (nSPS) is 11.1. The average Bonchev–Trinajstić information content (AvgIpc) is 2.96. The molecule has 0 aliphatic carbocycles. The number of hydrogen-bond acceptors (Lipinski definition) is 4. The molecule has 4 N–H and O–H groups in total. The highest BCUT2D eigenvalue weighted by molar-refractivity contribution is 7.89. The van der Waals surface area contributed by atoms with Crippen molar-refractivity contribution < 1.29 is 8.42 Å². The van der Waals surface area contributed by atoms with Gasteiger partial charge in [0.2, 0.25) is 10.0 Å². The van der Waals surface area contributed by atoms with Crippen molar-refractivity contribution in [2.45, 2.75) is 17.9 Å². The summed E-state index contributed by atoms with van der Waals surface area (Å²) in [5, 5.41) is 15.7. The fraction of sp³-hybridized carbons (Fsp3) is 0.231. The summed E-state index contributed by atoms with van der Waals surface area (Å²) < 4.78 is 24.2. The first-order chi connectivity index (χ1) is 10.4. The monoisotopic (exact) mass is 339 g/mol. The maximum atomic E-state index is 11.2. The van der Waals surface area contributed by atoms with Crippen LogP contribution in [0, 0.1) is 0 Å². The number of anilines is 1. The Kier molecular flexibility index (Phi) is 5.47. The van der Waals surface area contributed by atoms with Crippen LogP contribution in [0.2, 0.25) is 0 Å². The average molecular weight is 339 g/mol. The Balaban J connectivity index is 1.74. The van der Waals surface area contributed by atoms with E-state index in [1.54, 1.807) is 18.3 Å². The topological polar surface area (TPSA) is 102 Å². The maximum Gasteiger partial charge on any atom is 0.238 e. The molecular weight excluding hydrogens is 322 g/mol. The van der Waals surface area contributed by atoms with Gasteiger partial charge in [-0.3, -0.25) is 4.68 Å². The van der Waals surface area contributed by atoms with Crippen molar-refractivity contribution in [1.29, 1.82) is 0 Å². The number of nitrogens with one attached hydrogen (secondary N) is 2. The Morgan fingerprint density at radius 2 is 2.05 bits per heavy atom. The number of aryl methyl sites for hydroxylation is 1. The van der Waals surface area contributed by atoms with Crippen molar-refractivity contribution in [3.05, 3.63) is 42.7 Å². The highest BCUT2D eigenvalue weighted by Crippen LogP contribution is 2.12. The lowest BCUT2D eigenvalue weighted by Crippen LogP contribution is -2.29. The van der Waals surface area contributed by atoms with E-state index in [9.17, 15) is 8.42 Å². The molecular formula is C13H17N5O2S2. The lowest BCUT2D eigenvalue weighted by atomic mass is 10.3. The number of benzene rings is 1. The maximum absolute atomic E-state index is 11.2. The molecule has 0 aliphatic rings. The van der Waals surface area contributed by atoms with E-state index < -0.39 is 10.0 Å². The van der Waals surface area contributed by atoms with Crippen molar-refractivity contribution >= 4 is 33.0 Å². The number of rotatable bonds is 6. The summed E-state index contributed by atoms with van der Waals surface area (Å²) in [6.45, 7) is 1.52. The van der Waals surface area contributed by atoms with Gasteiger partial charge in [-0.25, -0.2) is 13.6 Å². The molecule has 2 rings (SSSR count). The van der Waals surface area contributed by atoms with Gasteiger partial charge < -0.3 is 10.6 Å². The van der Waals surface area contributed by atoms with Crippen LogP contribution in [0.15, 0.2) is 47.6 Å². The molecule has 118 valence electrons. The van der Waals surface area contributed by atoms with Crippen LogP contribution >= 0.6 is 12.2 Å². The van der Waals surface area contributed by atoms with E-state index >= 15 is 0 Å². The zero-order chi connectivity index (χ0) is 16.0. The van der Waals surface area contributed by atoms with E-state index in [0.29, 0.717) is 17.3 Å². The van der Waals surface area contributed by atoms with Crippen LogP contribution in [0.25, 0.3) is 0 Å². The predicted molar refractivity (Wildman–Crippen MR) is 88.9 cm³/mol. The third kappa shape index (κ3) is 5.10. The Labute approximate surface area is 134 Å². The van der Waals surface area contributed by atoms with Gasteiger partial charge in [0.1, 0.15) is 0 Å². The Morgan fingerprint density at radius 3 is 2.64 bits per heavy atom. The van der Waals surface area contributed by atoms with Crippen LogP contribution in [-0.4, -0.2) is 29.9 Å². The first-order valence-corrected chi connectivity index (χ1v) is 8.56. The zero-order valence-electron chi connectivity index (χ0n) is 11.8. The van der Waals surface area contributed by atoms with E-state index in [2.05, 4.69) is 15.7 Å². The predicted octanol–water partition coefficient (Wildman–Crippen LogP) is 0.907. The summed E-state index contributed by atoms with van der Waals surface area (Å²) in [6, 6.07) is 7.95. The van der Waals surface area contributed by atoms with Gasteiger partial charge in [-0.05, 0) is 49.0 Å². The molecule has 0 amide bonds. The van der Waals surface area contributed by atoms with Gasteiger partial charge in [-0.2, -0.15) is 5.10 Å². The molecule has 1 heterocycles. The number of aromatic nitrogens is 2. The quantitative estimate of drug-likeness (QED) is 0.534. The minimum atomic E-state index is -3.67. The minimum absolute atomic E-state index is 0.0659. The first kappa shape index (κ1) is 16.4. The number of nitrogens with two attached hydrogens (primary N) is 1. The molecule has 0 saturated carbocycles. The highest BCUT2D eigenvalue weighted by atomic mass is 32.2. The van der Waals surface area contributed by atoms with Crippen LogP contribution in [0.4, 0.5) is 5.69 Å². The Hall–Kier alpha value is -1.97. The summed E-state index contributed by atoms with van der Waals surface area (Å²) in [6.07, 6.45) is 4.53. The second kappa shape index (κ2) is 7.34. The third-order valence-corrected chi connectivity index (χ3v) is 4.03. The van der Waals surface area contributed by atoms with E-state index in [-0.39, 0.29) is 4.90 Å². The molecule has 2 aromatic rings. The number of hydrogen-bond donors (Lipinski definition) is 3. The molecule has 0 saturated heterocycles. The lowest BCUT2D eigenvalue weighted by Gasteiger charge is -2.10. The van der Waals surface area contributed by atoms with Gasteiger partial charge >= 0.3 is 0 Å². The van der Waals surface area contributed by atoms with Crippen LogP contribution in [0.5, 0.6) is 0 Å². The molecule has 0 unspecified atom stereocenters. The molecule has 1 aromatic heterocycles. The van der Waals surface area contributed by atoms with Crippen molar-refractivity contribution in [2.75, 3.05) is 11.9 Å². The Morgan fingerprint density at radius 1 is 1.32 bits per heavy atom. The fourth-order valence-electron chi connectivity index (χ4n) is 1.78. The van der Waals surface area contributed by atoms with E-state index in [1.165, 1.54) is 12.1 Å². The third-order valence-electron chi connectivity index (χ3n) is 2.85. The van der Waals surface area contributed by atoms with Crippen molar-refractivity contribution in [3.63, 3.8) is 0 Å². The number of nitrogens with zero attached hydrogens (tertiary/aromatic N) is 2. The molecule has 0 spiro atoms. The molecule has 1 aromatic carbocycles. The molecule has 0 radical (unpaired) electrons. The summed E-state index contributed by atoms with van der Waals surface area (Å²) in [5.41, 5.74) is 0.692. The molecule has 0 fully saturated rings. The number of thiocarbonyl (C=S) groups is 1. The highest BCUT2D eigenvalue weighted by Gasteiger charge is 2.06. The second-order valence-corrected chi connectivity index (χ2v) is 6.54. The van der Waals surface area contributed by atoms with Crippen LogP contribution < -0.4 is 15.8 Å². The Bertz CT molecular complexity index is 711. The van der Waals surface area contributed by atoms with Gasteiger partial charge in [0.25, 0.3) is 0 Å². The summed E-state index contributed by atoms with van der Waals surface area (Å²) in [4.78, 5) is 0.0659. The fourth-order valence-corrected chi connectivity index (χ4v) is 2.51. The van der Waals surface area contributed by atoms with Gasteiger partial charge in [0, 0.05) is 31.2 Å². The molecule has 0 atom stereocenters. The largest absolute Gasteiger partial charge is 0.362 e. The van der Waals surface area contributed by atoms with Crippen molar-refractivity contribution in [1.82, 2.24) is 15.1 Å². The van der Waals surface area contributed by atoms with Gasteiger partial charge in [0.15, 0.2) is 5.11 Å². The second-order valence-electron chi connectivity index (χ2n) is 4.57. The molecule has 9 heteroatoms. The minimum Gasteiger partial charge on any atom is -0.362 e. The van der Waals surface area contributed by atoms with Gasteiger partial charge in [0.05, 0.1) is 4.90 Å². The van der Waals surface area contributed by atoms with E-state index in [0.717, 1.165) is 13.0 Å². The van der Waals surface area contributed by atoms with Crippen LogP contribution in [0.1, 0.15) is 6.42 Å². The van der Waals surface area contributed by atoms with Crippen molar-refractivity contribution in [2.24, 2.45) is 5.14 Å². The zero-order valence-corrected chi connectivity index (χ0v) is 13.4. The van der Waals surface area contributed by atoms with Crippen molar-refractivity contribution in [3.8, 4) is 0 Å². The number of sulfonamides is 1. The SMILES string of the molecule is NS(=O)(=O)c1ccc(NC(=S)NCCCn2cccn2)cc1. The summed E-state index contributed by atoms with van der Waals surface area (Å²) in [7, 11) is -3.67. The summed E-state index contributed by atoms with van der Waals surface area (Å²) >= 11 is 5.17. The van der Waals surface area contributed by atoms with Crippen LogP contribution in [-0.2, 0) is 16.6 Å². The van der Waals surface area contributed by atoms with E-state index in [1.807, 2.05) is 16.9 Å². The molecule has 22 heavy (non-hydrogen) atoms. The molecule has 0 bridgehead atoms. The summed E-state index contributed by atoms with van der Waals surface area (Å²) in [5.74, 6) is 0. The molecule has 7 nitrogen and oxygen atoms in total. The smallest absolute Gasteiger partial charge is 0.238 e.